The van der Waals surface area contributed by atoms with Crippen molar-refractivity contribution in [2.24, 2.45) is 0 Å². The van der Waals surface area contributed by atoms with Crippen LogP contribution in [0.4, 0.5) is 0 Å². The summed E-state index contributed by atoms with van der Waals surface area (Å²) in [7, 11) is -3.27. The molecular formula is C8H10ClNO2S. The molecule has 0 aliphatic rings. The minimum absolute atomic E-state index is 0.0469. The molecule has 0 aromatic carbocycles. The number of aryl methyl sites for hydroxylation is 2. The molecule has 0 N–H and O–H groups in total. The Kier molecular flexibility index (Phi) is 2.63. The molecule has 3 nitrogen and oxygen atoms in total. The summed E-state index contributed by atoms with van der Waals surface area (Å²) in [5, 5.41) is 0.0469. The number of hydrogen-bond acceptors (Lipinski definition) is 3. The molecule has 0 radical (unpaired) electrons. The molecule has 0 atom stereocenters. The second kappa shape index (κ2) is 3.27. The predicted molar refractivity (Wildman–Crippen MR) is 51.8 cm³/mol. The fourth-order valence-corrected chi connectivity index (χ4v) is 2.26. The van der Waals surface area contributed by atoms with E-state index in [1.165, 1.54) is 0 Å². The van der Waals surface area contributed by atoms with Crippen molar-refractivity contribution in [3.05, 3.63) is 22.5 Å². The Balaban J connectivity index is 3.50. The maximum atomic E-state index is 11.2. The molecular weight excluding hydrogens is 210 g/mol. The summed E-state index contributed by atoms with van der Waals surface area (Å²) >= 11 is 5.70. The van der Waals surface area contributed by atoms with Crippen LogP contribution < -0.4 is 0 Å². The lowest BCUT2D eigenvalue weighted by atomic mass is 10.2. The molecule has 0 aliphatic heterocycles. The van der Waals surface area contributed by atoms with Crippen LogP contribution >= 0.6 is 11.6 Å². The number of nitrogens with zero attached hydrogens (tertiary/aromatic N) is 1. The third kappa shape index (κ3) is 2.19. The summed E-state index contributed by atoms with van der Waals surface area (Å²) < 4.78 is 22.4. The summed E-state index contributed by atoms with van der Waals surface area (Å²) in [5.74, 6) is 0. The van der Waals surface area contributed by atoms with E-state index >= 15 is 0 Å². The Hall–Kier alpha value is -0.610. The Morgan fingerprint density at radius 2 is 1.92 bits per heavy atom. The van der Waals surface area contributed by atoms with Gasteiger partial charge in [0, 0.05) is 11.9 Å². The van der Waals surface area contributed by atoms with Crippen LogP contribution in [0.3, 0.4) is 0 Å². The zero-order valence-corrected chi connectivity index (χ0v) is 9.20. The second-order valence-corrected chi connectivity index (χ2v) is 5.29. The van der Waals surface area contributed by atoms with E-state index < -0.39 is 9.84 Å². The van der Waals surface area contributed by atoms with E-state index in [-0.39, 0.29) is 10.0 Å². The molecule has 1 heterocycles. The van der Waals surface area contributed by atoms with Gasteiger partial charge in [0.2, 0.25) is 0 Å². The van der Waals surface area contributed by atoms with Crippen molar-refractivity contribution in [2.45, 2.75) is 18.7 Å². The van der Waals surface area contributed by atoms with E-state index in [0.29, 0.717) is 0 Å². The van der Waals surface area contributed by atoms with Crippen molar-refractivity contribution in [1.82, 2.24) is 4.98 Å². The van der Waals surface area contributed by atoms with Crippen LogP contribution in [0, 0.1) is 13.8 Å². The van der Waals surface area contributed by atoms with E-state index in [0.717, 1.165) is 17.5 Å². The molecule has 0 spiro atoms. The molecule has 0 saturated carbocycles. The summed E-state index contributed by atoms with van der Waals surface area (Å²) in [6, 6.07) is 1.54. The minimum Gasteiger partial charge on any atom is -0.240 e. The van der Waals surface area contributed by atoms with Crippen LogP contribution in [-0.2, 0) is 9.84 Å². The van der Waals surface area contributed by atoms with Gasteiger partial charge in [-0.05, 0) is 25.5 Å². The van der Waals surface area contributed by atoms with Gasteiger partial charge in [-0.2, -0.15) is 0 Å². The van der Waals surface area contributed by atoms with Gasteiger partial charge in [0.25, 0.3) is 0 Å². The third-order valence-electron chi connectivity index (χ3n) is 1.79. The molecule has 5 heteroatoms. The fraction of sp³-hybridized carbons (Fsp3) is 0.375. The van der Waals surface area contributed by atoms with Gasteiger partial charge in [-0.25, -0.2) is 13.4 Å². The van der Waals surface area contributed by atoms with E-state index in [9.17, 15) is 8.42 Å². The van der Waals surface area contributed by atoms with Crippen LogP contribution in [0.5, 0.6) is 0 Å². The highest BCUT2D eigenvalue weighted by Gasteiger charge is 2.14. The van der Waals surface area contributed by atoms with Crippen LogP contribution in [0.2, 0.25) is 5.15 Å². The molecule has 0 saturated heterocycles. The second-order valence-electron chi connectivity index (χ2n) is 2.95. The van der Waals surface area contributed by atoms with Crippen LogP contribution in [0.1, 0.15) is 11.3 Å². The number of hydrogen-bond donors (Lipinski definition) is 0. The third-order valence-corrected chi connectivity index (χ3v) is 3.30. The number of sulfone groups is 1. The van der Waals surface area contributed by atoms with Gasteiger partial charge in [0.15, 0.2) is 9.84 Å². The zero-order valence-electron chi connectivity index (χ0n) is 7.63. The quantitative estimate of drug-likeness (QED) is 0.677. The largest absolute Gasteiger partial charge is 0.240 e. The van der Waals surface area contributed by atoms with Crippen molar-refractivity contribution >= 4 is 21.4 Å². The van der Waals surface area contributed by atoms with Crippen molar-refractivity contribution in [1.29, 1.82) is 0 Å². The highest BCUT2D eigenvalue weighted by Crippen LogP contribution is 2.21. The average Bonchev–Trinajstić information content (AvgIpc) is 1.94. The molecule has 0 fully saturated rings. The first-order valence-corrected chi connectivity index (χ1v) is 5.93. The molecule has 1 rings (SSSR count). The molecule has 72 valence electrons. The first kappa shape index (κ1) is 10.5. The van der Waals surface area contributed by atoms with Gasteiger partial charge < -0.3 is 0 Å². The van der Waals surface area contributed by atoms with Gasteiger partial charge in [-0.1, -0.05) is 11.6 Å². The molecule has 1 aromatic heterocycles. The Labute approximate surface area is 82.7 Å². The van der Waals surface area contributed by atoms with Gasteiger partial charge in [0.05, 0.1) is 0 Å². The first-order chi connectivity index (χ1) is 5.82. The summed E-state index contributed by atoms with van der Waals surface area (Å²) in [6.45, 7) is 3.58. The van der Waals surface area contributed by atoms with Gasteiger partial charge in [0.1, 0.15) is 10.0 Å². The Morgan fingerprint density at radius 1 is 1.38 bits per heavy atom. The van der Waals surface area contributed by atoms with Crippen molar-refractivity contribution in [3.8, 4) is 0 Å². The molecule has 13 heavy (non-hydrogen) atoms. The molecule has 0 unspecified atom stereocenters. The van der Waals surface area contributed by atoms with Crippen LogP contribution in [-0.4, -0.2) is 19.7 Å². The van der Waals surface area contributed by atoms with E-state index in [1.807, 2.05) is 0 Å². The van der Waals surface area contributed by atoms with E-state index in [2.05, 4.69) is 4.98 Å². The van der Waals surface area contributed by atoms with Crippen molar-refractivity contribution in [2.75, 3.05) is 6.26 Å². The lowest BCUT2D eigenvalue weighted by molar-refractivity contribution is 0.601. The lowest BCUT2D eigenvalue weighted by Crippen LogP contribution is -2.01. The Morgan fingerprint density at radius 3 is 2.38 bits per heavy atom. The Bertz CT molecular complexity index is 440. The van der Waals surface area contributed by atoms with Gasteiger partial charge >= 0.3 is 0 Å². The van der Waals surface area contributed by atoms with Crippen molar-refractivity contribution in [3.63, 3.8) is 0 Å². The van der Waals surface area contributed by atoms with E-state index in [1.54, 1.807) is 19.9 Å². The minimum atomic E-state index is -3.27. The van der Waals surface area contributed by atoms with Crippen LogP contribution in [0.15, 0.2) is 11.0 Å². The lowest BCUT2D eigenvalue weighted by Gasteiger charge is -2.04. The normalized spacial score (nSPS) is 11.7. The zero-order chi connectivity index (χ0) is 10.2. The topological polar surface area (TPSA) is 47.0 Å². The van der Waals surface area contributed by atoms with E-state index in [4.69, 9.17) is 11.6 Å². The summed E-state index contributed by atoms with van der Waals surface area (Å²) in [5.41, 5.74) is 1.57. The maximum absolute atomic E-state index is 11.2. The molecule has 0 bridgehead atoms. The van der Waals surface area contributed by atoms with Gasteiger partial charge in [-0.15, -0.1) is 0 Å². The molecule has 0 aliphatic carbocycles. The number of aromatic nitrogens is 1. The summed E-state index contributed by atoms with van der Waals surface area (Å²) in [4.78, 5) is 4.02. The average molecular weight is 220 g/mol. The first-order valence-electron chi connectivity index (χ1n) is 3.66. The maximum Gasteiger partial charge on any atom is 0.178 e. The highest BCUT2D eigenvalue weighted by atomic mass is 35.5. The SMILES string of the molecule is Cc1cc(S(C)(=O)=O)c(Cl)nc1C. The monoisotopic (exact) mass is 219 g/mol. The predicted octanol–water partition coefficient (Wildman–Crippen LogP) is 1.76. The number of pyridine rings is 1. The van der Waals surface area contributed by atoms with Crippen LogP contribution in [0.25, 0.3) is 0 Å². The van der Waals surface area contributed by atoms with Crippen molar-refractivity contribution < 1.29 is 8.42 Å². The van der Waals surface area contributed by atoms with Gasteiger partial charge in [-0.3, -0.25) is 0 Å². The fourth-order valence-electron chi connectivity index (χ4n) is 0.911. The molecule has 1 aromatic rings. The highest BCUT2D eigenvalue weighted by molar-refractivity contribution is 7.90. The molecule has 0 amide bonds. The number of rotatable bonds is 1. The number of halogens is 1. The standard InChI is InChI=1S/C8H10ClNO2S/c1-5-4-7(13(3,11)12)8(9)10-6(5)2/h4H,1-3H3. The summed E-state index contributed by atoms with van der Waals surface area (Å²) in [6.07, 6.45) is 1.12. The smallest absolute Gasteiger partial charge is 0.178 e.